The van der Waals surface area contributed by atoms with E-state index in [1.165, 1.54) is 24.5 Å². The fourth-order valence-corrected chi connectivity index (χ4v) is 2.34. The predicted octanol–water partition coefficient (Wildman–Crippen LogP) is 4.10. The average Bonchev–Trinajstić information content (AvgIpc) is 2.63. The summed E-state index contributed by atoms with van der Waals surface area (Å²) in [5.74, 6) is -0.133. The highest BCUT2D eigenvalue weighted by Crippen LogP contribution is 2.18. The Labute approximate surface area is 139 Å². The number of carbonyl (C=O) groups is 1. The molecule has 1 N–H and O–H groups in total. The molecule has 0 bridgehead atoms. The lowest BCUT2D eigenvalue weighted by Gasteiger charge is -2.09. The molecule has 0 aliphatic heterocycles. The topological polar surface area (TPSA) is 54.9 Å². The number of anilines is 1. The third-order valence-corrected chi connectivity index (χ3v) is 3.66. The number of halogens is 1. The van der Waals surface area contributed by atoms with Crippen LogP contribution >= 0.6 is 0 Å². The van der Waals surface area contributed by atoms with Gasteiger partial charge in [-0.25, -0.2) is 14.4 Å². The maximum Gasteiger partial charge on any atom is 0.258 e. The lowest BCUT2D eigenvalue weighted by molar-refractivity contribution is 0.102. The van der Waals surface area contributed by atoms with Gasteiger partial charge in [0, 0.05) is 23.6 Å². The van der Waals surface area contributed by atoms with E-state index in [1.54, 1.807) is 12.1 Å². The van der Waals surface area contributed by atoms with Gasteiger partial charge in [0.2, 0.25) is 0 Å². The van der Waals surface area contributed by atoms with Crippen LogP contribution in [-0.4, -0.2) is 15.9 Å². The largest absolute Gasteiger partial charge is 0.322 e. The lowest BCUT2D eigenvalue weighted by atomic mass is 10.1. The number of nitrogens with zero attached hydrogens (tertiary/aromatic N) is 2. The molecule has 0 spiro atoms. The van der Waals surface area contributed by atoms with E-state index in [1.807, 2.05) is 31.2 Å². The van der Waals surface area contributed by atoms with E-state index in [2.05, 4.69) is 15.3 Å². The van der Waals surface area contributed by atoms with Gasteiger partial charge in [-0.3, -0.25) is 4.79 Å². The van der Waals surface area contributed by atoms with Gasteiger partial charge >= 0.3 is 0 Å². The van der Waals surface area contributed by atoms with Crippen LogP contribution in [0.1, 0.15) is 22.8 Å². The third-order valence-electron chi connectivity index (χ3n) is 3.66. The Morgan fingerprint density at radius 1 is 1.04 bits per heavy atom. The van der Waals surface area contributed by atoms with Crippen molar-refractivity contribution in [3.63, 3.8) is 0 Å². The van der Waals surface area contributed by atoms with E-state index in [0.29, 0.717) is 17.0 Å². The second-order valence-electron chi connectivity index (χ2n) is 5.27. The maximum atomic E-state index is 12.9. The Bertz CT molecular complexity index is 845. The summed E-state index contributed by atoms with van der Waals surface area (Å²) in [4.78, 5) is 20.7. The minimum Gasteiger partial charge on any atom is -0.322 e. The first-order valence-electron chi connectivity index (χ1n) is 7.64. The number of aromatic nitrogens is 2. The van der Waals surface area contributed by atoms with E-state index in [9.17, 15) is 9.18 Å². The molecule has 3 aromatic rings. The van der Waals surface area contributed by atoms with Crippen LogP contribution in [0.2, 0.25) is 0 Å². The molecule has 1 amide bonds. The van der Waals surface area contributed by atoms with Gasteiger partial charge in [-0.05, 0) is 42.3 Å². The Morgan fingerprint density at radius 3 is 2.38 bits per heavy atom. The second-order valence-corrected chi connectivity index (χ2v) is 5.27. The van der Waals surface area contributed by atoms with Crippen LogP contribution in [-0.2, 0) is 6.42 Å². The predicted molar refractivity (Wildman–Crippen MR) is 91.2 cm³/mol. The first-order chi connectivity index (χ1) is 11.7. The van der Waals surface area contributed by atoms with Crippen molar-refractivity contribution >= 4 is 11.6 Å². The summed E-state index contributed by atoms with van der Waals surface area (Å²) in [6, 6.07) is 13.6. The lowest BCUT2D eigenvalue weighted by Crippen LogP contribution is -2.14. The number of carbonyl (C=O) groups excluding carboxylic acids is 1. The van der Waals surface area contributed by atoms with Crippen LogP contribution in [0.25, 0.3) is 11.4 Å². The summed E-state index contributed by atoms with van der Waals surface area (Å²) < 4.78 is 12.9. The SMILES string of the molecule is CCc1ccccc1NC(=O)c1cnc(-c2ccc(F)cc2)nc1. The van der Waals surface area contributed by atoms with E-state index < -0.39 is 0 Å². The normalized spacial score (nSPS) is 10.4. The van der Waals surface area contributed by atoms with Gasteiger partial charge in [0.15, 0.2) is 5.82 Å². The third kappa shape index (κ3) is 3.46. The zero-order chi connectivity index (χ0) is 16.9. The highest BCUT2D eigenvalue weighted by molar-refractivity contribution is 6.04. The number of benzene rings is 2. The molecule has 2 aromatic carbocycles. The van der Waals surface area contributed by atoms with Gasteiger partial charge in [-0.15, -0.1) is 0 Å². The molecule has 1 aromatic heterocycles. The molecule has 1 heterocycles. The molecule has 0 unspecified atom stereocenters. The van der Waals surface area contributed by atoms with Gasteiger partial charge in [-0.1, -0.05) is 25.1 Å². The molecular weight excluding hydrogens is 305 g/mol. The number of amides is 1. The Kier molecular flexibility index (Phi) is 4.61. The molecule has 3 rings (SSSR count). The molecule has 0 atom stereocenters. The molecule has 24 heavy (non-hydrogen) atoms. The number of nitrogens with one attached hydrogen (secondary N) is 1. The Morgan fingerprint density at radius 2 is 1.71 bits per heavy atom. The van der Waals surface area contributed by atoms with Crippen LogP contribution in [0.4, 0.5) is 10.1 Å². The van der Waals surface area contributed by atoms with Crippen LogP contribution in [0.15, 0.2) is 60.9 Å². The van der Waals surface area contributed by atoms with Crippen molar-refractivity contribution in [3.8, 4) is 11.4 Å². The Hall–Kier alpha value is -3.08. The fourth-order valence-electron chi connectivity index (χ4n) is 2.34. The van der Waals surface area contributed by atoms with Gasteiger partial charge in [0.25, 0.3) is 5.91 Å². The van der Waals surface area contributed by atoms with Crippen molar-refractivity contribution in [2.24, 2.45) is 0 Å². The maximum absolute atomic E-state index is 12.9. The highest BCUT2D eigenvalue weighted by Gasteiger charge is 2.10. The minimum atomic E-state index is -0.315. The molecule has 0 radical (unpaired) electrons. The van der Waals surface area contributed by atoms with E-state index in [0.717, 1.165) is 17.7 Å². The second kappa shape index (κ2) is 7.00. The molecule has 0 fully saturated rings. The van der Waals surface area contributed by atoms with Crippen LogP contribution in [0.3, 0.4) is 0 Å². The van der Waals surface area contributed by atoms with E-state index in [4.69, 9.17) is 0 Å². The molecule has 5 heteroatoms. The van der Waals surface area contributed by atoms with Crippen molar-refractivity contribution in [1.82, 2.24) is 9.97 Å². The zero-order valence-corrected chi connectivity index (χ0v) is 13.2. The van der Waals surface area contributed by atoms with Crippen LogP contribution < -0.4 is 5.32 Å². The summed E-state index contributed by atoms with van der Waals surface area (Å²) in [6.45, 7) is 2.03. The van der Waals surface area contributed by atoms with Crippen LogP contribution in [0.5, 0.6) is 0 Å². The summed E-state index contributed by atoms with van der Waals surface area (Å²) in [5.41, 5.74) is 2.91. The number of hydrogen-bond donors (Lipinski definition) is 1. The summed E-state index contributed by atoms with van der Waals surface area (Å²) in [6.07, 6.45) is 3.77. The highest BCUT2D eigenvalue weighted by atomic mass is 19.1. The average molecular weight is 321 g/mol. The monoisotopic (exact) mass is 321 g/mol. The number of para-hydroxylation sites is 1. The Balaban J connectivity index is 1.77. The molecule has 0 saturated carbocycles. The van der Waals surface area contributed by atoms with Crippen molar-refractivity contribution in [2.75, 3.05) is 5.32 Å². The smallest absolute Gasteiger partial charge is 0.258 e. The standard InChI is InChI=1S/C19H16FN3O/c1-2-13-5-3-4-6-17(13)23-19(24)15-11-21-18(22-12-15)14-7-9-16(20)10-8-14/h3-12H,2H2,1H3,(H,23,24). The van der Waals surface area contributed by atoms with Crippen molar-refractivity contribution in [1.29, 1.82) is 0 Å². The van der Waals surface area contributed by atoms with E-state index >= 15 is 0 Å². The van der Waals surface area contributed by atoms with Crippen LogP contribution in [0, 0.1) is 5.82 Å². The summed E-state index contributed by atoms with van der Waals surface area (Å²) in [5, 5.41) is 2.88. The first kappa shape index (κ1) is 15.8. The van der Waals surface area contributed by atoms with Gasteiger partial charge in [-0.2, -0.15) is 0 Å². The molecule has 120 valence electrons. The fraction of sp³-hybridized carbons (Fsp3) is 0.105. The number of aryl methyl sites for hydroxylation is 1. The minimum absolute atomic E-state index is 0.262. The van der Waals surface area contributed by atoms with Gasteiger partial charge in [0.1, 0.15) is 5.82 Å². The van der Waals surface area contributed by atoms with Crippen molar-refractivity contribution < 1.29 is 9.18 Å². The number of rotatable bonds is 4. The number of hydrogen-bond acceptors (Lipinski definition) is 3. The van der Waals surface area contributed by atoms with Crippen molar-refractivity contribution in [2.45, 2.75) is 13.3 Å². The quantitative estimate of drug-likeness (QED) is 0.787. The van der Waals surface area contributed by atoms with Gasteiger partial charge < -0.3 is 5.32 Å². The summed E-state index contributed by atoms with van der Waals surface area (Å²) in [7, 11) is 0. The van der Waals surface area contributed by atoms with Crippen molar-refractivity contribution in [3.05, 3.63) is 77.9 Å². The van der Waals surface area contributed by atoms with Gasteiger partial charge in [0.05, 0.1) is 5.56 Å². The first-order valence-corrected chi connectivity index (χ1v) is 7.64. The van der Waals surface area contributed by atoms with E-state index in [-0.39, 0.29) is 11.7 Å². The zero-order valence-electron chi connectivity index (χ0n) is 13.2. The summed E-state index contributed by atoms with van der Waals surface area (Å²) >= 11 is 0. The molecular formula is C19H16FN3O. The molecule has 0 aliphatic rings. The molecule has 4 nitrogen and oxygen atoms in total. The molecule has 0 aliphatic carbocycles. The molecule has 0 saturated heterocycles.